The first-order chi connectivity index (χ1) is 10.5. The molecular weight excluding hydrogens is 292 g/mol. The number of nitrogens with one attached hydrogen (secondary N) is 1. The maximum absolute atomic E-state index is 11.8. The largest absolute Gasteiger partial charge is 0.454 e. The average molecular weight is 308 g/mol. The summed E-state index contributed by atoms with van der Waals surface area (Å²) >= 11 is 0. The molecule has 0 unspecified atom stereocenters. The van der Waals surface area contributed by atoms with Gasteiger partial charge in [0.2, 0.25) is 12.7 Å². The maximum Gasteiger partial charge on any atom is 0.338 e. The van der Waals surface area contributed by atoms with Crippen molar-refractivity contribution in [2.45, 2.75) is 0 Å². The number of likely N-dealkylation sites (N-methyl/N-ethyl adjacent to an activating group) is 1. The second-order valence-corrected chi connectivity index (χ2v) is 4.71. The number of hydrogen-bond donors (Lipinski definition) is 1. The van der Waals surface area contributed by atoms with E-state index in [1.807, 2.05) is 0 Å². The fraction of sp³-hybridized carbons (Fsp3) is 0.357. The molecule has 1 aromatic rings. The third-order valence-corrected chi connectivity index (χ3v) is 2.88. The third-order valence-electron chi connectivity index (χ3n) is 2.88. The Balaban J connectivity index is 1.80. The van der Waals surface area contributed by atoms with Crippen LogP contribution in [0.3, 0.4) is 0 Å². The number of hydrogen-bond acceptors (Lipinski definition) is 6. The Labute approximate surface area is 126 Å². The van der Waals surface area contributed by atoms with Gasteiger partial charge >= 0.3 is 5.97 Å². The molecule has 1 N–H and O–H groups in total. The molecule has 0 aromatic heterocycles. The van der Waals surface area contributed by atoms with Gasteiger partial charge in [0.15, 0.2) is 18.1 Å². The zero-order valence-corrected chi connectivity index (χ0v) is 12.3. The lowest BCUT2D eigenvalue weighted by Crippen LogP contribution is -2.38. The highest BCUT2D eigenvalue weighted by atomic mass is 16.7. The highest BCUT2D eigenvalue weighted by Crippen LogP contribution is 2.32. The van der Waals surface area contributed by atoms with E-state index in [0.717, 1.165) is 0 Å². The number of ether oxygens (including phenoxy) is 3. The molecule has 0 radical (unpaired) electrons. The first-order valence-electron chi connectivity index (χ1n) is 6.51. The minimum absolute atomic E-state index is 0.107. The summed E-state index contributed by atoms with van der Waals surface area (Å²) < 4.78 is 15.2. The van der Waals surface area contributed by atoms with Crippen LogP contribution >= 0.6 is 0 Å². The van der Waals surface area contributed by atoms with Gasteiger partial charge in [-0.25, -0.2) is 4.79 Å². The summed E-state index contributed by atoms with van der Waals surface area (Å²) in [5, 5.41) is 2.36. The molecule has 1 aliphatic heterocycles. The molecule has 0 aliphatic carbocycles. The minimum Gasteiger partial charge on any atom is -0.454 e. The zero-order valence-electron chi connectivity index (χ0n) is 12.3. The highest BCUT2D eigenvalue weighted by Gasteiger charge is 2.17. The molecule has 0 saturated carbocycles. The van der Waals surface area contributed by atoms with E-state index in [1.54, 1.807) is 20.2 Å². The summed E-state index contributed by atoms with van der Waals surface area (Å²) in [6, 6.07) is 4.59. The number of nitrogens with zero attached hydrogens (tertiary/aromatic N) is 1. The Bertz CT molecular complexity index is 599. The first-order valence-corrected chi connectivity index (χ1v) is 6.51. The van der Waals surface area contributed by atoms with Crippen molar-refractivity contribution in [3.05, 3.63) is 23.8 Å². The standard InChI is InChI=1S/C14H16N2O6/c1-16(2)13(18)6-15-12(17)7-20-14(19)9-3-4-10-11(5-9)22-8-21-10/h3-5H,6-8H2,1-2H3,(H,15,17). The molecule has 118 valence electrons. The van der Waals surface area contributed by atoms with Crippen molar-refractivity contribution in [1.29, 1.82) is 0 Å². The number of rotatable bonds is 5. The second kappa shape index (κ2) is 6.79. The lowest BCUT2D eigenvalue weighted by Gasteiger charge is -2.11. The third kappa shape index (κ3) is 3.87. The quantitative estimate of drug-likeness (QED) is 0.756. The summed E-state index contributed by atoms with van der Waals surface area (Å²) in [5.74, 6) is -0.459. The molecule has 1 aliphatic rings. The number of benzene rings is 1. The van der Waals surface area contributed by atoms with Gasteiger partial charge in [0.05, 0.1) is 12.1 Å². The van der Waals surface area contributed by atoms with Crippen LogP contribution in [0.15, 0.2) is 18.2 Å². The van der Waals surface area contributed by atoms with Crippen LogP contribution < -0.4 is 14.8 Å². The Hall–Kier alpha value is -2.77. The molecule has 22 heavy (non-hydrogen) atoms. The minimum atomic E-state index is -0.660. The van der Waals surface area contributed by atoms with Crippen LogP contribution in [0.2, 0.25) is 0 Å². The molecule has 8 heteroatoms. The predicted molar refractivity (Wildman–Crippen MR) is 74.6 cm³/mol. The summed E-state index contributed by atoms with van der Waals surface area (Å²) in [4.78, 5) is 36.0. The molecular formula is C14H16N2O6. The Kier molecular flexibility index (Phi) is 4.82. The van der Waals surface area contributed by atoms with E-state index in [-0.39, 0.29) is 24.8 Å². The zero-order chi connectivity index (χ0) is 16.1. The lowest BCUT2D eigenvalue weighted by molar-refractivity contribution is -0.131. The Morgan fingerprint density at radius 3 is 2.68 bits per heavy atom. The first kappa shape index (κ1) is 15.6. The van der Waals surface area contributed by atoms with Crippen molar-refractivity contribution in [2.24, 2.45) is 0 Å². The average Bonchev–Trinajstić information content (AvgIpc) is 2.97. The van der Waals surface area contributed by atoms with Crippen LogP contribution in [0.25, 0.3) is 0 Å². The number of amides is 2. The number of fused-ring (bicyclic) bond motifs is 1. The SMILES string of the molecule is CN(C)C(=O)CNC(=O)COC(=O)c1ccc2c(c1)OCO2. The summed E-state index contributed by atoms with van der Waals surface area (Å²) in [5.41, 5.74) is 0.251. The molecule has 8 nitrogen and oxygen atoms in total. The van der Waals surface area contributed by atoms with E-state index in [4.69, 9.17) is 14.2 Å². The molecule has 0 atom stereocenters. The van der Waals surface area contributed by atoms with Gasteiger partial charge in [-0.2, -0.15) is 0 Å². The fourth-order valence-electron chi connectivity index (χ4n) is 1.62. The lowest BCUT2D eigenvalue weighted by atomic mass is 10.2. The fourth-order valence-corrected chi connectivity index (χ4v) is 1.62. The number of carbonyl (C=O) groups excluding carboxylic acids is 3. The summed E-state index contributed by atoms with van der Waals surface area (Å²) in [7, 11) is 3.16. The molecule has 0 saturated heterocycles. The van der Waals surface area contributed by atoms with Crippen LogP contribution in [0.1, 0.15) is 10.4 Å². The van der Waals surface area contributed by atoms with Gasteiger partial charge in [-0.1, -0.05) is 0 Å². The van der Waals surface area contributed by atoms with Gasteiger partial charge in [-0.3, -0.25) is 9.59 Å². The van der Waals surface area contributed by atoms with Crippen molar-refractivity contribution in [1.82, 2.24) is 10.2 Å². The Morgan fingerprint density at radius 2 is 1.95 bits per heavy atom. The summed E-state index contributed by atoms with van der Waals surface area (Å²) in [6.07, 6.45) is 0. The monoisotopic (exact) mass is 308 g/mol. The van der Waals surface area contributed by atoms with Crippen molar-refractivity contribution in [3.8, 4) is 11.5 Å². The van der Waals surface area contributed by atoms with Gasteiger partial charge in [-0.05, 0) is 18.2 Å². The number of esters is 1. The van der Waals surface area contributed by atoms with E-state index in [1.165, 1.54) is 17.0 Å². The predicted octanol–water partition coefficient (Wildman–Crippen LogP) is -0.223. The van der Waals surface area contributed by atoms with Crippen molar-refractivity contribution in [2.75, 3.05) is 34.0 Å². The van der Waals surface area contributed by atoms with Gasteiger partial charge in [0.25, 0.3) is 5.91 Å². The van der Waals surface area contributed by atoms with Crippen molar-refractivity contribution < 1.29 is 28.6 Å². The highest BCUT2D eigenvalue weighted by molar-refractivity contribution is 5.92. The molecule has 2 amide bonds. The maximum atomic E-state index is 11.8. The second-order valence-electron chi connectivity index (χ2n) is 4.71. The topological polar surface area (TPSA) is 94.2 Å². The molecule has 1 heterocycles. The van der Waals surface area contributed by atoms with E-state index >= 15 is 0 Å². The van der Waals surface area contributed by atoms with Crippen LogP contribution in [-0.2, 0) is 14.3 Å². The van der Waals surface area contributed by atoms with Crippen LogP contribution in [0.5, 0.6) is 11.5 Å². The molecule has 0 spiro atoms. The molecule has 0 bridgehead atoms. The van der Waals surface area contributed by atoms with E-state index in [2.05, 4.69) is 5.32 Å². The van der Waals surface area contributed by atoms with Gasteiger partial charge in [0, 0.05) is 14.1 Å². The van der Waals surface area contributed by atoms with Gasteiger partial charge < -0.3 is 24.4 Å². The summed E-state index contributed by atoms with van der Waals surface area (Å²) in [6.45, 7) is -0.502. The van der Waals surface area contributed by atoms with Crippen LogP contribution in [0, 0.1) is 0 Å². The molecule has 2 rings (SSSR count). The smallest absolute Gasteiger partial charge is 0.338 e. The van der Waals surface area contributed by atoms with Gasteiger partial charge in [-0.15, -0.1) is 0 Å². The Morgan fingerprint density at radius 1 is 1.23 bits per heavy atom. The van der Waals surface area contributed by atoms with E-state index < -0.39 is 18.5 Å². The van der Waals surface area contributed by atoms with E-state index in [9.17, 15) is 14.4 Å². The van der Waals surface area contributed by atoms with E-state index in [0.29, 0.717) is 11.5 Å². The molecule has 0 fully saturated rings. The number of carbonyl (C=O) groups is 3. The normalized spacial score (nSPS) is 11.7. The van der Waals surface area contributed by atoms with Crippen LogP contribution in [-0.4, -0.2) is 56.7 Å². The van der Waals surface area contributed by atoms with Gasteiger partial charge in [0.1, 0.15) is 0 Å². The van der Waals surface area contributed by atoms with Crippen LogP contribution in [0.4, 0.5) is 0 Å². The van der Waals surface area contributed by atoms with Crippen molar-refractivity contribution >= 4 is 17.8 Å². The molecule has 1 aromatic carbocycles. The van der Waals surface area contributed by atoms with Crippen molar-refractivity contribution in [3.63, 3.8) is 0 Å².